The summed E-state index contributed by atoms with van der Waals surface area (Å²) in [7, 11) is -3.89. The Balaban J connectivity index is 1.64. The monoisotopic (exact) mass is 352 g/mol. The molecule has 1 aromatic heterocycles. The number of nitrogens with zero attached hydrogens (tertiary/aromatic N) is 4. The molecule has 128 valence electrons. The van der Waals surface area contributed by atoms with E-state index in [4.69, 9.17) is 0 Å². The van der Waals surface area contributed by atoms with E-state index in [1.807, 2.05) is 0 Å². The number of carbonyl (C=O) groups excluding carboxylic acids is 1. The molecule has 0 radical (unpaired) electrons. The zero-order valence-electron chi connectivity index (χ0n) is 12.9. The molecule has 0 N–H and O–H groups in total. The number of rotatable bonds is 4. The smallest absolute Gasteiger partial charge is 0.246 e. The summed E-state index contributed by atoms with van der Waals surface area (Å²) in [5.74, 6) is -0.892. The molecule has 1 saturated heterocycles. The Bertz CT molecular complexity index is 815. The average molecular weight is 352 g/mol. The van der Waals surface area contributed by atoms with Gasteiger partial charge in [0.25, 0.3) is 0 Å². The van der Waals surface area contributed by atoms with Crippen molar-refractivity contribution >= 4 is 15.9 Å². The summed E-state index contributed by atoms with van der Waals surface area (Å²) in [4.78, 5) is 13.4. The van der Waals surface area contributed by atoms with Gasteiger partial charge in [-0.1, -0.05) is 12.1 Å². The summed E-state index contributed by atoms with van der Waals surface area (Å²) < 4.78 is 41.5. The van der Waals surface area contributed by atoms with E-state index in [2.05, 4.69) is 5.10 Å². The predicted octanol–water partition coefficient (Wildman–Crippen LogP) is 0.555. The zero-order chi connectivity index (χ0) is 17.2. The highest BCUT2D eigenvalue weighted by atomic mass is 32.2. The van der Waals surface area contributed by atoms with Gasteiger partial charge in [0, 0.05) is 38.6 Å². The average Bonchev–Trinajstić information content (AvgIpc) is 3.08. The maximum atomic E-state index is 13.8. The first-order chi connectivity index (χ1) is 11.5. The van der Waals surface area contributed by atoms with Crippen LogP contribution in [0.25, 0.3) is 0 Å². The van der Waals surface area contributed by atoms with Crippen molar-refractivity contribution in [1.29, 1.82) is 0 Å². The second-order valence-corrected chi connectivity index (χ2v) is 7.33. The van der Waals surface area contributed by atoms with Crippen molar-refractivity contribution < 1.29 is 17.6 Å². The lowest BCUT2D eigenvalue weighted by Crippen LogP contribution is -2.51. The Morgan fingerprint density at radius 1 is 1.12 bits per heavy atom. The van der Waals surface area contributed by atoms with Gasteiger partial charge in [0.15, 0.2) is 0 Å². The van der Waals surface area contributed by atoms with Crippen molar-refractivity contribution in [3.05, 3.63) is 48.5 Å². The fourth-order valence-corrected chi connectivity index (χ4v) is 4.09. The van der Waals surface area contributed by atoms with Gasteiger partial charge in [-0.3, -0.25) is 9.48 Å². The minimum Gasteiger partial charge on any atom is -0.338 e. The second-order valence-electron chi connectivity index (χ2n) is 5.42. The van der Waals surface area contributed by atoms with Crippen molar-refractivity contribution in [3.8, 4) is 0 Å². The maximum Gasteiger partial charge on any atom is 0.246 e. The van der Waals surface area contributed by atoms with Crippen LogP contribution < -0.4 is 0 Å². The molecule has 1 aliphatic rings. The quantitative estimate of drug-likeness (QED) is 0.806. The summed E-state index contributed by atoms with van der Waals surface area (Å²) in [6.07, 6.45) is 3.28. The van der Waals surface area contributed by atoms with Gasteiger partial charge < -0.3 is 4.90 Å². The molecule has 2 heterocycles. The van der Waals surface area contributed by atoms with Crippen LogP contribution in [0.3, 0.4) is 0 Å². The highest BCUT2D eigenvalue weighted by Crippen LogP contribution is 2.20. The Morgan fingerprint density at radius 2 is 1.83 bits per heavy atom. The van der Waals surface area contributed by atoms with Crippen LogP contribution in [0.15, 0.2) is 47.6 Å². The third-order valence-corrected chi connectivity index (χ3v) is 5.83. The molecule has 2 aromatic rings. The molecule has 0 aliphatic carbocycles. The number of piperazine rings is 1. The van der Waals surface area contributed by atoms with Gasteiger partial charge in [-0.05, 0) is 18.2 Å². The summed E-state index contributed by atoms with van der Waals surface area (Å²) in [6.45, 7) is 0.942. The van der Waals surface area contributed by atoms with Crippen LogP contribution in [-0.2, 0) is 21.4 Å². The molecule has 0 saturated carbocycles. The third-order valence-electron chi connectivity index (χ3n) is 3.90. The Kier molecular flexibility index (Phi) is 4.63. The molecule has 1 aliphatic heterocycles. The molecule has 3 rings (SSSR count). The lowest BCUT2D eigenvalue weighted by Gasteiger charge is -2.34. The molecular weight excluding hydrogens is 335 g/mol. The highest BCUT2D eigenvalue weighted by Gasteiger charge is 2.31. The van der Waals surface area contributed by atoms with Gasteiger partial charge in [-0.15, -0.1) is 0 Å². The first kappa shape index (κ1) is 16.6. The molecule has 0 atom stereocenters. The number of amides is 1. The molecule has 9 heteroatoms. The standard InChI is InChI=1S/C15H17FN4O3S/c16-13-4-1-2-5-14(13)24(22,23)20-10-8-18(9-11-20)15(21)12-19-7-3-6-17-19/h1-7H,8-12H2. The molecule has 1 fully saturated rings. The molecule has 0 bridgehead atoms. The van der Waals surface area contributed by atoms with Crippen molar-refractivity contribution in [1.82, 2.24) is 19.0 Å². The van der Waals surface area contributed by atoms with E-state index in [0.29, 0.717) is 0 Å². The number of aromatic nitrogens is 2. The molecular formula is C15H17FN4O3S. The normalized spacial score (nSPS) is 16.3. The van der Waals surface area contributed by atoms with Crippen LogP contribution in [-0.4, -0.2) is 59.5 Å². The number of hydrogen-bond acceptors (Lipinski definition) is 4. The van der Waals surface area contributed by atoms with Crippen molar-refractivity contribution in [2.24, 2.45) is 0 Å². The lowest BCUT2D eigenvalue weighted by molar-refractivity contribution is -0.133. The fourth-order valence-electron chi connectivity index (χ4n) is 2.60. The SMILES string of the molecule is O=C(Cn1cccn1)N1CCN(S(=O)(=O)c2ccccc2F)CC1. The van der Waals surface area contributed by atoms with Gasteiger partial charge in [-0.25, -0.2) is 12.8 Å². The van der Waals surface area contributed by atoms with Crippen LogP contribution in [0.4, 0.5) is 4.39 Å². The van der Waals surface area contributed by atoms with Crippen LogP contribution in [0.2, 0.25) is 0 Å². The summed E-state index contributed by atoms with van der Waals surface area (Å²) in [5.41, 5.74) is 0. The van der Waals surface area contributed by atoms with Gasteiger partial charge in [0.2, 0.25) is 15.9 Å². The van der Waals surface area contributed by atoms with Gasteiger partial charge in [-0.2, -0.15) is 9.40 Å². The van der Waals surface area contributed by atoms with E-state index in [1.54, 1.807) is 23.4 Å². The molecule has 7 nitrogen and oxygen atoms in total. The number of halogens is 1. The highest BCUT2D eigenvalue weighted by molar-refractivity contribution is 7.89. The third kappa shape index (κ3) is 3.31. The topological polar surface area (TPSA) is 75.5 Å². The number of sulfonamides is 1. The molecule has 0 unspecified atom stereocenters. The van der Waals surface area contributed by atoms with Crippen LogP contribution in [0.5, 0.6) is 0 Å². The van der Waals surface area contributed by atoms with Gasteiger partial charge in [0.1, 0.15) is 17.3 Å². The largest absolute Gasteiger partial charge is 0.338 e. The Labute approximate surface area is 139 Å². The fraction of sp³-hybridized carbons (Fsp3) is 0.333. The number of carbonyl (C=O) groups is 1. The van der Waals surface area contributed by atoms with Gasteiger partial charge in [0.05, 0.1) is 0 Å². The van der Waals surface area contributed by atoms with Gasteiger partial charge >= 0.3 is 0 Å². The minimum atomic E-state index is -3.89. The first-order valence-electron chi connectivity index (χ1n) is 7.48. The minimum absolute atomic E-state index is 0.118. The zero-order valence-corrected chi connectivity index (χ0v) is 13.7. The summed E-state index contributed by atoms with van der Waals surface area (Å²) in [6, 6.07) is 7.03. The van der Waals surface area contributed by atoms with E-state index in [0.717, 1.165) is 6.07 Å². The summed E-state index contributed by atoms with van der Waals surface area (Å²) in [5, 5.41) is 3.98. The van der Waals surface area contributed by atoms with Crippen molar-refractivity contribution in [3.63, 3.8) is 0 Å². The van der Waals surface area contributed by atoms with Crippen molar-refractivity contribution in [2.75, 3.05) is 26.2 Å². The Hall–Kier alpha value is -2.26. The van der Waals surface area contributed by atoms with Crippen LogP contribution in [0, 0.1) is 5.82 Å². The molecule has 24 heavy (non-hydrogen) atoms. The van der Waals surface area contributed by atoms with Crippen LogP contribution >= 0.6 is 0 Å². The number of benzene rings is 1. The van der Waals surface area contributed by atoms with Crippen LogP contribution in [0.1, 0.15) is 0 Å². The summed E-state index contributed by atoms with van der Waals surface area (Å²) >= 11 is 0. The van der Waals surface area contributed by atoms with Crippen molar-refractivity contribution in [2.45, 2.75) is 11.4 Å². The predicted molar refractivity (Wildman–Crippen MR) is 84.0 cm³/mol. The van der Waals surface area contributed by atoms with E-state index < -0.39 is 15.8 Å². The maximum absolute atomic E-state index is 13.8. The van der Waals surface area contributed by atoms with E-state index in [-0.39, 0.29) is 43.5 Å². The molecule has 1 amide bonds. The molecule has 1 aromatic carbocycles. The first-order valence-corrected chi connectivity index (χ1v) is 8.92. The number of hydrogen-bond donors (Lipinski definition) is 0. The molecule has 0 spiro atoms. The second kappa shape index (κ2) is 6.70. The van der Waals surface area contributed by atoms with E-state index >= 15 is 0 Å². The lowest BCUT2D eigenvalue weighted by atomic mass is 10.3. The Morgan fingerprint density at radius 3 is 2.46 bits per heavy atom. The van der Waals surface area contributed by atoms with E-state index in [1.165, 1.54) is 27.2 Å². The van der Waals surface area contributed by atoms with E-state index in [9.17, 15) is 17.6 Å².